The molecular weight excluding hydrogens is 623 g/mol. The first-order chi connectivity index (χ1) is 23.6. The van der Waals surface area contributed by atoms with Crippen molar-refractivity contribution in [2.45, 2.75) is 36.7 Å². The summed E-state index contributed by atoms with van der Waals surface area (Å²) >= 11 is 1.52. The smallest absolute Gasteiger partial charge is 0.257 e. The lowest BCUT2D eigenvalue weighted by Crippen LogP contribution is -2.31. The lowest BCUT2D eigenvalue weighted by Gasteiger charge is -2.36. The van der Waals surface area contributed by atoms with E-state index >= 15 is 0 Å². The molecule has 1 fully saturated rings. The Morgan fingerprint density at radius 3 is 2.21 bits per heavy atom. The molecule has 6 aromatic rings. The Balaban J connectivity index is 1.11. The number of nitrogens with one attached hydrogen (secondary N) is 1. The molecular formula is C39H33N3O5S. The highest BCUT2D eigenvalue weighted by Crippen LogP contribution is 2.41. The summed E-state index contributed by atoms with van der Waals surface area (Å²) in [5.41, 5.74) is 6.55. The number of carbonyl (C=O) groups is 1. The number of anilines is 1. The Morgan fingerprint density at radius 2 is 1.52 bits per heavy atom. The lowest BCUT2D eigenvalue weighted by atomic mass is 10.0. The number of aromatic nitrogens is 2. The third kappa shape index (κ3) is 7.40. The molecule has 0 spiro atoms. The number of aliphatic hydroxyl groups excluding tert-OH is 1. The van der Waals surface area contributed by atoms with Gasteiger partial charge in [0.1, 0.15) is 5.69 Å². The Labute approximate surface area is 282 Å². The second-order valence-corrected chi connectivity index (χ2v) is 12.3. The molecule has 8 nitrogen and oxygen atoms in total. The van der Waals surface area contributed by atoms with Crippen molar-refractivity contribution in [1.82, 2.24) is 9.97 Å². The van der Waals surface area contributed by atoms with Crippen molar-refractivity contribution in [1.29, 1.82) is 0 Å². The highest BCUT2D eigenvalue weighted by molar-refractivity contribution is 7.99. The number of benzene rings is 4. The number of hydrogen-bond acceptors (Lipinski definition) is 8. The topological polar surface area (TPSA) is 107 Å². The highest BCUT2D eigenvalue weighted by atomic mass is 32.2. The van der Waals surface area contributed by atoms with Gasteiger partial charge in [-0.15, -0.1) is 0 Å². The maximum Gasteiger partial charge on any atom is 0.257 e. The van der Waals surface area contributed by atoms with Crippen LogP contribution in [0.25, 0.3) is 22.6 Å². The number of thioether (sulfide) groups is 1. The number of carbonyl (C=O) groups excluding carboxylic acids is 1. The van der Waals surface area contributed by atoms with Gasteiger partial charge in [-0.25, -0.2) is 4.98 Å². The predicted octanol–water partition coefficient (Wildman–Crippen LogP) is 8.49. The first-order valence-electron chi connectivity index (χ1n) is 15.7. The normalized spacial score (nSPS) is 17.6. The summed E-state index contributed by atoms with van der Waals surface area (Å²) in [5, 5.41) is 13.0. The molecule has 1 saturated heterocycles. The third-order valence-corrected chi connectivity index (χ3v) is 9.02. The molecule has 0 aliphatic carbocycles. The van der Waals surface area contributed by atoms with Gasteiger partial charge in [0, 0.05) is 46.9 Å². The van der Waals surface area contributed by atoms with Gasteiger partial charge in [-0.2, -0.15) is 0 Å². The van der Waals surface area contributed by atoms with Gasteiger partial charge >= 0.3 is 0 Å². The minimum absolute atomic E-state index is 0.0213. The standard InChI is InChI=1S/C39H33N3O5S/c43-24-26-13-15-27(16-14-26)34-22-33(45-38(46-34)30-17-19-32(20-18-30)41-37(44)31-12-7-21-40-23-31)25-48-39-42-35(28-8-3-1-4-9-28)36(47-39)29-10-5-2-6-11-29/h1-21,23,33-34,38,43H,22,24-25H2,(H,41,44)/t33-,34+,38+/m0/s1. The van der Waals surface area contributed by atoms with Crippen LogP contribution < -0.4 is 5.32 Å². The molecule has 0 unspecified atom stereocenters. The van der Waals surface area contributed by atoms with Gasteiger partial charge in [0.25, 0.3) is 11.1 Å². The van der Waals surface area contributed by atoms with E-state index < -0.39 is 6.29 Å². The molecule has 1 aliphatic heterocycles. The quantitative estimate of drug-likeness (QED) is 0.142. The summed E-state index contributed by atoms with van der Waals surface area (Å²) in [5.74, 6) is 1.09. The van der Waals surface area contributed by atoms with E-state index in [1.807, 2.05) is 109 Å². The minimum Gasteiger partial charge on any atom is -0.431 e. The molecule has 48 heavy (non-hydrogen) atoms. The van der Waals surface area contributed by atoms with E-state index in [1.54, 1.807) is 18.3 Å². The number of ether oxygens (including phenoxy) is 2. The number of pyridine rings is 1. The molecule has 3 atom stereocenters. The SMILES string of the molecule is O=C(Nc1ccc([C@@H]2O[C@H](CSc3nc(-c4ccccc4)c(-c4ccccc4)o3)C[C@H](c3ccc(CO)cc3)O2)cc1)c1cccnc1. The maximum absolute atomic E-state index is 12.6. The number of hydrogen-bond donors (Lipinski definition) is 2. The summed E-state index contributed by atoms with van der Waals surface area (Å²) in [7, 11) is 0. The van der Waals surface area contributed by atoms with Crippen LogP contribution >= 0.6 is 11.8 Å². The number of rotatable bonds is 10. The van der Waals surface area contributed by atoms with Crippen molar-refractivity contribution < 1.29 is 23.8 Å². The first kappa shape index (κ1) is 31.5. The molecule has 1 amide bonds. The van der Waals surface area contributed by atoms with Crippen LogP contribution in [0.4, 0.5) is 5.69 Å². The van der Waals surface area contributed by atoms with E-state index in [0.29, 0.717) is 28.6 Å². The van der Waals surface area contributed by atoms with Crippen LogP contribution in [0, 0.1) is 0 Å². The number of oxazole rings is 1. The molecule has 2 N–H and O–H groups in total. The predicted molar refractivity (Wildman–Crippen MR) is 185 cm³/mol. The molecule has 0 radical (unpaired) electrons. The van der Waals surface area contributed by atoms with E-state index in [1.165, 1.54) is 18.0 Å². The fourth-order valence-electron chi connectivity index (χ4n) is 5.55. The van der Waals surface area contributed by atoms with Gasteiger partial charge in [0.2, 0.25) is 0 Å². The molecule has 0 saturated carbocycles. The molecule has 9 heteroatoms. The van der Waals surface area contributed by atoms with E-state index in [0.717, 1.165) is 39.3 Å². The second-order valence-electron chi connectivity index (χ2n) is 11.4. The largest absolute Gasteiger partial charge is 0.431 e. The molecule has 7 rings (SSSR count). The molecule has 2 aromatic heterocycles. The van der Waals surface area contributed by atoms with Gasteiger partial charge < -0.3 is 24.3 Å². The van der Waals surface area contributed by atoms with Gasteiger partial charge in [-0.3, -0.25) is 9.78 Å². The summed E-state index contributed by atoms with van der Waals surface area (Å²) in [6.07, 6.45) is 2.72. The molecule has 3 heterocycles. The van der Waals surface area contributed by atoms with Crippen LogP contribution in [-0.2, 0) is 16.1 Å². The van der Waals surface area contributed by atoms with Crippen molar-refractivity contribution in [2.24, 2.45) is 0 Å². The van der Waals surface area contributed by atoms with Crippen LogP contribution in [0.3, 0.4) is 0 Å². The molecule has 240 valence electrons. The Hall–Kier alpha value is -5.06. The lowest BCUT2D eigenvalue weighted by molar-refractivity contribution is -0.245. The molecule has 1 aliphatic rings. The van der Waals surface area contributed by atoms with E-state index in [2.05, 4.69) is 10.3 Å². The Kier molecular flexibility index (Phi) is 9.72. The highest BCUT2D eigenvalue weighted by Gasteiger charge is 2.33. The van der Waals surface area contributed by atoms with Gasteiger partial charge in [-0.1, -0.05) is 109 Å². The monoisotopic (exact) mass is 655 g/mol. The average molecular weight is 656 g/mol. The average Bonchev–Trinajstić information content (AvgIpc) is 3.60. The Morgan fingerprint density at radius 1 is 0.812 bits per heavy atom. The van der Waals surface area contributed by atoms with Crippen molar-refractivity contribution in [3.05, 3.63) is 156 Å². The fraction of sp³-hybridized carbons (Fsp3) is 0.154. The molecule has 4 aromatic carbocycles. The maximum atomic E-state index is 12.6. The van der Waals surface area contributed by atoms with Crippen LogP contribution in [0.1, 0.15) is 45.9 Å². The van der Waals surface area contributed by atoms with Crippen LogP contribution in [0.2, 0.25) is 0 Å². The third-order valence-electron chi connectivity index (χ3n) is 8.06. The van der Waals surface area contributed by atoms with Crippen molar-refractivity contribution in [2.75, 3.05) is 11.1 Å². The van der Waals surface area contributed by atoms with E-state index in [-0.39, 0.29) is 24.7 Å². The van der Waals surface area contributed by atoms with Crippen LogP contribution in [-0.4, -0.2) is 32.8 Å². The number of aliphatic hydroxyl groups is 1. The van der Waals surface area contributed by atoms with Gasteiger partial charge in [0.15, 0.2) is 12.1 Å². The minimum atomic E-state index is -0.640. The Bertz CT molecular complexity index is 1880. The van der Waals surface area contributed by atoms with Crippen LogP contribution in [0.15, 0.2) is 143 Å². The summed E-state index contributed by atoms with van der Waals surface area (Å²) in [6, 6.07) is 38.8. The second kappa shape index (κ2) is 14.8. The zero-order valence-electron chi connectivity index (χ0n) is 25.9. The van der Waals surface area contributed by atoms with E-state index in [9.17, 15) is 9.90 Å². The van der Waals surface area contributed by atoms with E-state index in [4.69, 9.17) is 18.9 Å². The molecule has 0 bridgehead atoms. The summed E-state index contributed by atoms with van der Waals surface area (Å²) < 4.78 is 19.4. The zero-order valence-corrected chi connectivity index (χ0v) is 26.8. The van der Waals surface area contributed by atoms with Gasteiger partial charge in [0.05, 0.1) is 24.4 Å². The summed E-state index contributed by atoms with van der Waals surface area (Å²) in [4.78, 5) is 21.6. The summed E-state index contributed by atoms with van der Waals surface area (Å²) in [6.45, 7) is -0.0213. The van der Waals surface area contributed by atoms with Crippen molar-refractivity contribution in [3.63, 3.8) is 0 Å². The number of nitrogens with zero attached hydrogens (tertiary/aromatic N) is 2. The van der Waals surface area contributed by atoms with Crippen molar-refractivity contribution >= 4 is 23.4 Å². The van der Waals surface area contributed by atoms with Crippen molar-refractivity contribution in [3.8, 4) is 22.6 Å². The van der Waals surface area contributed by atoms with Crippen LogP contribution in [0.5, 0.6) is 0 Å². The fourth-order valence-corrected chi connectivity index (χ4v) is 6.39. The van der Waals surface area contributed by atoms with Gasteiger partial charge in [-0.05, 0) is 35.4 Å². The number of amides is 1. The first-order valence-corrected chi connectivity index (χ1v) is 16.7. The zero-order chi connectivity index (χ0) is 32.7.